The van der Waals surface area contributed by atoms with E-state index in [4.69, 9.17) is 28.5 Å². The molecule has 0 aliphatic carbocycles. The summed E-state index contributed by atoms with van der Waals surface area (Å²) in [5.74, 6) is -0.736. The fraction of sp³-hybridized carbons (Fsp3) is 0.125. The van der Waals surface area contributed by atoms with Crippen LogP contribution in [0.2, 0.25) is 0 Å². The minimum atomic E-state index is -0.736. The number of halogens is 3. The summed E-state index contributed by atoms with van der Waals surface area (Å²) in [4.78, 5) is 14.0. The number of hydrogen-bond donors (Lipinski definition) is 1. The van der Waals surface area contributed by atoms with Gasteiger partial charge in [0.25, 0.3) is 0 Å². The van der Waals surface area contributed by atoms with E-state index in [0.717, 1.165) is 0 Å². The van der Waals surface area contributed by atoms with E-state index in [0.29, 0.717) is 5.56 Å². The normalized spacial score (nSPS) is 7.64. The zero-order valence-electron chi connectivity index (χ0n) is 7.02. The van der Waals surface area contributed by atoms with Gasteiger partial charge in [0.1, 0.15) is 0 Å². The summed E-state index contributed by atoms with van der Waals surface area (Å²) in [5, 5.41) is 8.13. The van der Waals surface area contributed by atoms with Crippen molar-refractivity contribution in [3.8, 4) is 0 Å². The van der Waals surface area contributed by atoms with Crippen LogP contribution in [-0.2, 0) is 4.89 Å². The number of hydrogen-bond acceptors (Lipinski definition) is 3. The third-order valence-corrected chi connectivity index (χ3v) is 1.09. The zero-order chi connectivity index (χ0) is 10.1. The first-order chi connectivity index (χ1) is 6.26. The predicted octanol–water partition coefficient (Wildman–Crippen LogP) is 3.16. The van der Waals surface area contributed by atoms with Gasteiger partial charge in [-0.15, -0.1) is 35.6 Å². The monoisotopic (exact) mass is 258 g/mol. The molecule has 0 aliphatic heterocycles. The molecule has 1 aromatic carbocycles. The summed E-state index contributed by atoms with van der Waals surface area (Å²) in [6.07, 6.45) is 0. The maximum Gasteiger partial charge on any atom is 0.372 e. The van der Waals surface area contributed by atoms with Crippen molar-refractivity contribution in [3.05, 3.63) is 35.9 Å². The Morgan fingerprint density at radius 1 is 1.29 bits per heavy atom. The molecule has 0 saturated carbocycles. The molecule has 0 spiro atoms. The minimum absolute atomic E-state index is 0. The van der Waals surface area contributed by atoms with Crippen LogP contribution in [-0.4, -0.2) is 16.6 Å². The summed E-state index contributed by atoms with van der Waals surface area (Å²) in [5.41, 5.74) is 0.338. The Labute approximate surface area is 97.9 Å². The second-order valence-corrected chi connectivity index (χ2v) is 2.65. The lowest BCUT2D eigenvalue weighted by Gasteiger charge is -1.92. The Bertz CT molecular complexity index is 241. The number of benzene rings is 1. The fourth-order valence-corrected chi connectivity index (χ4v) is 0.627. The first kappa shape index (κ1) is 16.0. The fourth-order valence-electron chi connectivity index (χ4n) is 0.627. The molecule has 1 rings (SSSR count). The predicted molar refractivity (Wildman–Crippen MR) is 58.3 cm³/mol. The van der Waals surface area contributed by atoms with Gasteiger partial charge >= 0.3 is 5.97 Å². The standard InChI is InChI=1S/C7H6O3.CH2Cl2.ClH/c8-7(10-9)6-4-2-1-3-5-6;2-1-3;/h1-5,9H;1H2;1H. The first-order valence-electron chi connectivity index (χ1n) is 3.29. The molecular weight excluding hydrogens is 250 g/mol. The largest absolute Gasteiger partial charge is 0.372 e. The third-order valence-electron chi connectivity index (χ3n) is 1.09. The molecule has 0 saturated heterocycles. The molecule has 0 bridgehead atoms. The summed E-state index contributed by atoms with van der Waals surface area (Å²) < 4.78 is 0. The van der Waals surface area contributed by atoms with Gasteiger partial charge < -0.3 is 0 Å². The Kier molecular flexibility index (Phi) is 12.1. The van der Waals surface area contributed by atoms with Crippen molar-refractivity contribution < 1.29 is 14.9 Å². The van der Waals surface area contributed by atoms with Crippen molar-refractivity contribution in [2.75, 3.05) is 5.34 Å². The molecule has 0 aliphatic rings. The molecule has 1 N–H and O–H groups in total. The molecule has 0 amide bonds. The van der Waals surface area contributed by atoms with E-state index in [1.165, 1.54) is 0 Å². The molecule has 3 nitrogen and oxygen atoms in total. The van der Waals surface area contributed by atoms with E-state index in [1.807, 2.05) is 0 Å². The Balaban J connectivity index is 0. The van der Waals surface area contributed by atoms with Gasteiger partial charge in [-0.3, -0.25) is 4.89 Å². The quantitative estimate of drug-likeness (QED) is 0.479. The lowest BCUT2D eigenvalue weighted by atomic mass is 10.2. The van der Waals surface area contributed by atoms with E-state index in [9.17, 15) is 4.79 Å². The molecule has 80 valence electrons. The molecule has 0 unspecified atom stereocenters. The van der Waals surface area contributed by atoms with Gasteiger partial charge in [0.05, 0.1) is 10.9 Å². The smallest absolute Gasteiger partial charge is 0.296 e. The second kappa shape index (κ2) is 10.6. The molecule has 0 heterocycles. The van der Waals surface area contributed by atoms with Gasteiger partial charge in [-0.2, -0.15) is 5.26 Å². The van der Waals surface area contributed by atoms with Crippen molar-refractivity contribution in [1.82, 2.24) is 0 Å². The van der Waals surface area contributed by atoms with E-state index in [-0.39, 0.29) is 17.7 Å². The van der Waals surface area contributed by atoms with Gasteiger partial charge in [0.2, 0.25) is 0 Å². The highest BCUT2D eigenvalue weighted by Gasteiger charge is 2.02. The summed E-state index contributed by atoms with van der Waals surface area (Å²) >= 11 is 9.53. The number of carbonyl (C=O) groups excluding carboxylic acids is 1. The molecule has 0 atom stereocenters. The van der Waals surface area contributed by atoms with Crippen molar-refractivity contribution in [2.45, 2.75) is 0 Å². The van der Waals surface area contributed by atoms with Gasteiger partial charge in [-0.25, -0.2) is 4.79 Å². The van der Waals surface area contributed by atoms with Gasteiger partial charge in [0, 0.05) is 0 Å². The lowest BCUT2D eigenvalue weighted by molar-refractivity contribution is -0.182. The Morgan fingerprint density at radius 2 is 1.71 bits per heavy atom. The highest BCUT2D eigenvalue weighted by Crippen LogP contribution is 1.98. The van der Waals surface area contributed by atoms with Gasteiger partial charge in [-0.1, -0.05) is 18.2 Å². The van der Waals surface area contributed by atoms with Gasteiger partial charge in [-0.05, 0) is 12.1 Å². The summed E-state index contributed by atoms with van der Waals surface area (Å²) in [7, 11) is 0. The highest BCUT2D eigenvalue weighted by atomic mass is 35.5. The highest BCUT2D eigenvalue weighted by molar-refractivity contribution is 6.40. The van der Waals surface area contributed by atoms with Gasteiger partial charge in [0.15, 0.2) is 0 Å². The summed E-state index contributed by atoms with van der Waals surface area (Å²) in [6, 6.07) is 8.25. The molecule has 0 fully saturated rings. The molecule has 0 radical (unpaired) electrons. The van der Waals surface area contributed by atoms with Crippen LogP contribution < -0.4 is 0 Å². The molecular formula is C8H9Cl3O3. The lowest BCUT2D eigenvalue weighted by Crippen LogP contribution is -2.00. The Hall–Kier alpha value is -0.480. The molecule has 1 aromatic rings. The summed E-state index contributed by atoms with van der Waals surface area (Å²) in [6.45, 7) is 0. The van der Waals surface area contributed by atoms with Crippen LogP contribution in [0.15, 0.2) is 30.3 Å². The van der Waals surface area contributed by atoms with Crippen LogP contribution in [0.4, 0.5) is 0 Å². The van der Waals surface area contributed by atoms with E-state index >= 15 is 0 Å². The Morgan fingerprint density at radius 3 is 2.07 bits per heavy atom. The molecule has 0 aromatic heterocycles. The van der Waals surface area contributed by atoms with E-state index < -0.39 is 5.97 Å². The van der Waals surface area contributed by atoms with Crippen LogP contribution in [0.3, 0.4) is 0 Å². The SMILES string of the molecule is Cl.ClCCl.O=C(OO)c1ccccc1. The first-order valence-corrected chi connectivity index (χ1v) is 4.36. The number of rotatable bonds is 1. The average Bonchev–Trinajstić information content (AvgIpc) is 2.19. The van der Waals surface area contributed by atoms with Crippen molar-refractivity contribution >= 4 is 41.6 Å². The average molecular weight is 260 g/mol. The maximum atomic E-state index is 10.5. The van der Waals surface area contributed by atoms with Crippen LogP contribution in [0.25, 0.3) is 0 Å². The van der Waals surface area contributed by atoms with Crippen LogP contribution in [0.5, 0.6) is 0 Å². The van der Waals surface area contributed by atoms with Crippen LogP contribution in [0, 0.1) is 0 Å². The van der Waals surface area contributed by atoms with Crippen LogP contribution >= 0.6 is 35.6 Å². The van der Waals surface area contributed by atoms with Crippen molar-refractivity contribution in [3.63, 3.8) is 0 Å². The van der Waals surface area contributed by atoms with Crippen molar-refractivity contribution in [2.24, 2.45) is 0 Å². The topological polar surface area (TPSA) is 46.5 Å². The zero-order valence-corrected chi connectivity index (χ0v) is 9.35. The number of alkyl halides is 2. The molecule has 6 heteroatoms. The molecule has 14 heavy (non-hydrogen) atoms. The minimum Gasteiger partial charge on any atom is -0.296 e. The number of carbonyl (C=O) groups is 1. The van der Waals surface area contributed by atoms with Crippen molar-refractivity contribution in [1.29, 1.82) is 0 Å². The van der Waals surface area contributed by atoms with Crippen LogP contribution in [0.1, 0.15) is 10.4 Å². The van der Waals surface area contributed by atoms with E-state index in [2.05, 4.69) is 4.89 Å². The second-order valence-electron chi connectivity index (χ2n) is 1.85. The third kappa shape index (κ3) is 6.97. The van der Waals surface area contributed by atoms with E-state index in [1.54, 1.807) is 30.3 Å². The maximum absolute atomic E-state index is 10.5.